The maximum absolute atomic E-state index is 11.0. The van der Waals surface area contributed by atoms with Gasteiger partial charge in [0.2, 0.25) is 0 Å². The average Bonchev–Trinajstić information content (AvgIpc) is 2.50. The van der Waals surface area contributed by atoms with Crippen molar-refractivity contribution in [3.05, 3.63) is 49.1 Å². The van der Waals surface area contributed by atoms with E-state index in [1.807, 2.05) is 34.7 Å². The standard InChI is InChI=1S/C15H12I3NO4/c16-9-5-7(13(18)14(19)15(21)22)1-3-11(9)23-12-4-2-8(20)6-10(12)17/h1-6,13-14,20H,19H2,(H,21,22)/t13?,14-/m0/s1. The van der Waals surface area contributed by atoms with Crippen molar-refractivity contribution in [2.75, 3.05) is 0 Å². The third-order valence-corrected chi connectivity index (χ3v) is 6.19. The largest absolute Gasteiger partial charge is 0.508 e. The molecule has 0 saturated heterocycles. The smallest absolute Gasteiger partial charge is 0.321 e. The van der Waals surface area contributed by atoms with Crippen molar-refractivity contribution in [2.24, 2.45) is 5.73 Å². The Hall–Kier alpha value is -0.340. The Bertz CT molecular complexity index is 739. The van der Waals surface area contributed by atoms with Gasteiger partial charge in [-0.3, -0.25) is 4.79 Å². The number of ether oxygens (including phenoxy) is 1. The van der Waals surface area contributed by atoms with Gasteiger partial charge in [-0.15, -0.1) is 0 Å². The zero-order valence-corrected chi connectivity index (χ0v) is 18.0. The van der Waals surface area contributed by atoms with Crippen molar-refractivity contribution in [2.45, 2.75) is 9.97 Å². The summed E-state index contributed by atoms with van der Waals surface area (Å²) in [5, 5.41) is 18.4. The number of aliphatic carboxylic acids is 1. The van der Waals surface area contributed by atoms with Crippen LogP contribution in [0.4, 0.5) is 0 Å². The molecule has 0 aliphatic rings. The van der Waals surface area contributed by atoms with Crippen LogP contribution in [0.2, 0.25) is 0 Å². The number of benzene rings is 2. The number of hydrogen-bond donors (Lipinski definition) is 3. The second-order valence-corrected chi connectivity index (χ2v) is 8.34. The highest BCUT2D eigenvalue weighted by Crippen LogP contribution is 2.35. The molecule has 2 aromatic rings. The van der Waals surface area contributed by atoms with Crippen LogP contribution in [0, 0.1) is 7.14 Å². The first-order valence-electron chi connectivity index (χ1n) is 6.38. The molecule has 0 amide bonds. The molecular weight excluding hydrogens is 639 g/mol. The summed E-state index contributed by atoms with van der Waals surface area (Å²) in [6.45, 7) is 0. The molecule has 2 aromatic carbocycles. The Morgan fingerprint density at radius 2 is 1.65 bits per heavy atom. The fraction of sp³-hybridized carbons (Fsp3) is 0.133. The van der Waals surface area contributed by atoms with Gasteiger partial charge in [-0.05, 0) is 81.1 Å². The third kappa shape index (κ3) is 4.82. The monoisotopic (exact) mass is 651 g/mol. The number of phenolic OH excluding ortho intramolecular Hbond substituents is 1. The maximum Gasteiger partial charge on any atom is 0.321 e. The Morgan fingerprint density at radius 3 is 2.17 bits per heavy atom. The lowest BCUT2D eigenvalue weighted by molar-refractivity contribution is -0.138. The first kappa shape index (κ1) is 19.0. The van der Waals surface area contributed by atoms with Gasteiger partial charge in [-0.1, -0.05) is 28.7 Å². The molecule has 0 saturated carbocycles. The van der Waals surface area contributed by atoms with Gasteiger partial charge in [0.25, 0.3) is 0 Å². The highest BCUT2D eigenvalue weighted by molar-refractivity contribution is 14.1. The van der Waals surface area contributed by atoms with Gasteiger partial charge in [-0.25, -0.2) is 0 Å². The van der Waals surface area contributed by atoms with Gasteiger partial charge in [0.15, 0.2) is 0 Å². The van der Waals surface area contributed by atoms with E-state index in [-0.39, 0.29) is 9.67 Å². The lowest BCUT2D eigenvalue weighted by Crippen LogP contribution is -2.33. The van der Waals surface area contributed by atoms with Crippen LogP contribution in [0.1, 0.15) is 9.49 Å². The number of hydrogen-bond acceptors (Lipinski definition) is 4. The predicted octanol–water partition coefficient (Wildman–Crippen LogP) is 4.28. The number of carboxylic acid groups (broad SMARTS) is 1. The topological polar surface area (TPSA) is 92.8 Å². The summed E-state index contributed by atoms with van der Waals surface area (Å²) in [4.78, 5) is 11.0. The van der Waals surface area contributed by atoms with E-state index in [1.165, 1.54) is 0 Å². The number of halogens is 3. The van der Waals surface area contributed by atoms with Crippen molar-refractivity contribution in [1.82, 2.24) is 0 Å². The van der Waals surface area contributed by atoms with Crippen molar-refractivity contribution >= 4 is 73.7 Å². The van der Waals surface area contributed by atoms with Gasteiger partial charge >= 0.3 is 5.97 Å². The third-order valence-electron chi connectivity index (χ3n) is 3.01. The van der Waals surface area contributed by atoms with Crippen LogP contribution in [0.3, 0.4) is 0 Å². The fourth-order valence-electron chi connectivity index (χ4n) is 1.79. The van der Waals surface area contributed by atoms with E-state index >= 15 is 0 Å². The number of rotatable bonds is 5. The van der Waals surface area contributed by atoms with E-state index in [4.69, 9.17) is 15.6 Å². The zero-order valence-electron chi connectivity index (χ0n) is 11.5. The summed E-state index contributed by atoms with van der Waals surface area (Å²) in [5.41, 5.74) is 6.50. The van der Waals surface area contributed by atoms with E-state index in [0.717, 1.165) is 12.7 Å². The molecule has 0 radical (unpaired) electrons. The molecule has 0 heterocycles. The predicted molar refractivity (Wildman–Crippen MR) is 112 cm³/mol. The van der Waals surface area contributed by atoms with Crippen LogP contribution in [0.5, 0.6) is 17.2 Å². The fourth-order valence-corrected chi connectivity index (χ4v) is 3.75. The Labute approximate surface area is 174 Å². The van der Waals surface area contributed by atoms with Crippen LogP contribution in [0.15, 0.2) is 36.4 Å². The Kier molecular flexibility index (Phi) is 6.74. The van der Waals surface area contributed by atoms with Crippen molar-refractivity contribution in [3.63, 3.8) is 0 Å². The zero-order chi connectivity index (χ0) is 17.1. The maximum atomic E-state index is 11.0. The van der Waals surface area contributed by atoms with E-state index in [9.17, 15) is 9.90 Å². The van der Waals surface area contributed by atoms with Gasteiger partial charge in [0.1, 0.15) is 23.3 Å². The average molecular weight is 651 g/mol. The molecule has 0 bridgehead atoms. The lowest BCUT2D eigenvalue weighted by atomic mass is 10.1. The number of phenols is 1. The normalized spacial score (nSPS) is 13.4. The number of aromatic hydroxyl groups is 1. The molecule has 0 aromatic heterocycles. The minimum atomic E-state index is -1.03. The summed E-state index contributed by atoms with van der Waals surface area (Å²) in [5.74, 6) is 0.452. The summed E-state index contributed by atoms with van der Waals surface area (Å²) >= 11 is 6.25. The van der Waals surface area contributed by atoms with Gasteiger partial charge < -0.3 is 20.7 Å². The molecule has 0 fully saturated rings. The summed E-state index contributed by atoms with van der Waals surface area (Å²) in [7, 11) is 0. The molecule has 8 heteroatoms. The second kappa shape index (κ2) is 8.16. The Balaban J connectivity index is 2.24. The van der Waals surface area contributed by atoms with Crippen LogP contribution >= 0.6 is 67.8 Å². The van der Waals surface area contributed by atoms with Crippen molar-refractivity contribution in [3.8, 4) is 17.2 Å². The summed E-state index contributed by atoms with van der Waals surface area (Å²) in [6.07, 6.45) is 0. The highest BCUT2D eigenvalue weighted by Gasteiger charge is 2.23. The van der Waals surface area contributed by atoms with Crippen molar-refractivity contribution in [1.29, 1.82) is 0 Å². The number of nitrogens with two attached hydrogens (primary N) is 1. The van der Waals surface area contributed by atoms with Crippen LogP contribution in [0.25, 0.3) is 0 Å². The minimum Gasteiger partial charge on any atom is -0.508 e. The molecule has 122 valence electrons. The van der Waals surface area contributed by atoms with Crippen LogP contribution in [-0.4, -0.2) is 22.2 Å². The summed E-state index contributed by atoms with van der Waals surface area (Å²) in [6, 6.07) is 9.38. The molecule has 5 nitrogen and oxygen atoms in total. The summed E-state index contributed by atoms with van der Waals surface area (Å²) < 4.78 is 7.17. The molecule has 0 aliphatic carbocycles. The molecule has 2 atom stereocenters. The highest BCUT2D eigenvalue weighted by atomic mass is 127. The molecule has 0 spiro atoms. The molecular formula is C15H12I3NO4. The minimum absolute atomic E-state index is 0.183. The number of carbonyl (C=O) groups is 1. The van der Waals surface area contributed by atoms with Crippen LogP contribution < -0.4 is 10.5 Å². The van der Waals surface area contributed by atoms with Crippen molar-refractivity contribution < 1.29 is 19.7 Å². The lowest BCUT2D eigenvalue weighted by Gasteiger charge is -2.16. The number of alkyl halides is 1. The van der Waals surface area contributed by atoms with E-state index in [0.29, 0.717) is 11.5 Å². The number of carboxylic acids is 1. The van der Waals surface area contributed by atoms with Crippen LogP contribution in [-0.2, 0) is 4.79 Å². The quantitative estimate of drug-likeness (QED) is 0.332. The van der Waals surface area contributed by atoms with E-state index in [2.05, 4.69) is 45.2 Å². The van der Waals surface area contributed by atoms with Gasteiger partial charge in [-0.2, -0.15) is 0 Å². The molecule has 2 rings (SSSR count). The van der Waals surface area contributed by atoms with E-state index in [1.54, 1.807) is 24.3 Å². The second-order valence-electron chi connectivity index (χ2n) is 4.67. The molecule has 23 heavy (non-hydrogen) atoms. The van der Waals surface area contributed by atoms with Gasteiger partial charge in [0, 0.05) is 0 Å². The van der Waals surface area contributed by atoms with Gasteiger partial charge in [0.05, 0.1) is 11.1 Å². The Morgan fingerprint density at radius 1 is 1.09 bits per heavy atom. The SMILES string of the molecule is N[C@H](C(=O)O)C(I)c1ccc(Oc2ccc(O)cc2I)c(I)c1. The first-order valence-corrected chi connectivity index (χ1v) is 9.78. The van der Waals surface area contributed by atoms with E-state index < -0.39 is 12.0 Å². The molecule has 4 N–H and O–H groups in total. The molecule has 0 aliphatic heterocycles. The molecule has 1 unspecified atom stereocenters. The first-order chi connectivity index (χ1) is 10.8.